The molecule has 2 aliphatic rings. The van der Waals surface area contributed by atoms with Crippen LogP contribution in [0.5, 0.6) is 5.75 Å². The highest BCUT2D eigenvalue weighted by atomic mass is 35.5. The van der Waals surface area contributed by atoms with Gasteiger partial charge in [-0.15, -0.1) is 0 Å². The summed E-state index contributed by atoms with van der Waals surface area (Å²) in [6.45, 7) is 1.58. The van der Waals surface area contributed by atoms with Crippen LogP contribution in [0.2, 0.25) is 5.02 Å². The minimum Gasteiger partial charge on any atom is -0.425 e. The van der Waals surface area contributed by atoms with Crippen LogP contribution < -0.4 is 10.4 Å². The molecule has 0 radical (unpaired) electrons. The Hall–Kier alpha value is -4.03. The average Bonchev–Trinajstić information content (AvgIpc) is 3.46. The van der Waals surface area contributed by atoms with Gasteiger partial charge >= 0.3 is 11.6 Å². The van der Waals surface area contributed by atoms with Crippen LogP contribution in [0, 0.1) is 10.8 Å². The van der Waals surface area contributed by atoms with Crippen molar-refractivity contribution in [2.45, 2.75) is 12.8 Å². The van der Waals surface area contributed by atoms with Gasteiger partial charge in [0.15, 0.2) is 17.0 Å². The van der Waals surface area contributed by atoms with Crippen molar-refractivity contribution in [3.63, 3.8) is 0 Å². The number of Topliss-reactive ketones (excluding diaryl/α,β-unsaturated/α-hetero) is 2. The number of benzene rings is 3. The number of carbonyl (C=O) groups excluding carboxylic acids is 3. The zero-order valence-electron chi connectivity index (χ0n) is 18.4. The van der Waals surface area contributed by atoms with E-state index in [9.17, 15) is 19.2 Å². The van der Waals surface area contributed by atoms with Crippen molar-refractivity contribution in [3.05, 3.63) is 111 Å². The van der Waals surface area contributed by atoms with Gasteiger partial charge in [0, 0.05) is 27.5 Å². The van der Waals surface area contributed by atoms with Crippen LogP contribution in [0.25, 0.3) is 11.0 Å². The highest BCUT2D eigenvalue weighted by Crippen LogP contribution is 2.79. The lowest BCUT2D eigenvalue weighted by atomic mass is 9.82. The van der Waals surface area contributed by atoms with E-state index in [1.54, 1.807) is 79.7 Å². The fourth-order valence-corrected chi connectivity index (χ4v) is 5.72. The molecule has 0 N–H and O–H groups in total. The zero-order chi connectivity index (χ0) is 24.5. The van der Waals surface area contributed by atoms with Gasteiger partial charge in [-0.25, -0.2) is 4.79 Å². The SMILES string of the molecule is C[C@]1(C(=O)c2ccc(Cl)cc2)[C@@H]2c3ccccc3OC(=O)[C@]21C(=O)c1cc2ccccc2oc1=O. The maximum absolute atomic E-state index is 14.1. The van der Waals surface area contributed by atoms with Gasteiger partial charge in [-0.3, -0.25) is 14.4 Å². The van der Waals surface area contributed by atoms with Crippen LogP contribution in [0.4, 0.5) is 0 Å². The molecule has 6 rings (SSSR count). The van der Waals surface area contributed by atoms with Gasteiger partial charge in [0.05, 0.1) is 5.41 Å². The summed E-state index contributed by atoms with van der Waals surface area (Å²) in [5, 5.41) is 0.976. The molecule has 0 saturated heterocycles. The second-order valence-corrected chi connectivity index (χ2v) is 9.46. The molecule has 3 aromatic carbocycles. The average molecular weight is 485 g/mol. The fourth-order valence-electron chi connectivity index (χ4n) is 5.59. The fraction of sp³-hybridized carbons (Fsp3) is 0.143. The van der Waals surface area contributed by atoms with Gasteiger partial charge in [-0.1, -0.05) is 54.9 Å². The third-order valence-electron chi connectivity index (χ3n) is 7.32. The second kappa shape index (κ2) is 7.23. The van der Waals surface area contributed by atoms with Crippen LogP contribution in [0.1, 0.15) is 39.1 Å². The van der Waals surface area contributed by atoms with Gasteiger partial charge in [0.1, 0.15) is 16.9 Å². The molecule has 0 unspecified atom stereocenters. The van der Waals surface area contributed by atoms with Gasteiger partial charge in [0.2, 0.25) is 0 Å². The Labute approximate surface area is 204 Å². The first-order chi connectivity index (χ1) is 16.8. The number of hydrogen-bond acceptors (Lipinski definition) is 6. The van der Waals surface area contributed by atoms with Crippen LogP contribution in [-0.2, 0) is 4.79 Å². The lowest BCUT2D eigenvalue weighted by Gasteiger charge is -2.22. The number of fused-ring (bicyclic) bond motifs is 4. The second-order valence-electron chi connectivity index (χ2n) is 9.02. The van der Waals surface area contributed by atoms with Crippen molar-refractivity contribution in [1.29, 1.82) is 0 Å². The number of para-hydroxylation sites is 2. The van der Waals surface area contributed by atoms with Gasteiger partial charge in [-0.2, -0.15) is 0 Å². The first-order valence-corrected chi connectivity index (χ1v) is 11.4. The normalized spacial score (nSPS) is 24.3. The molecule has 4 aromatic rings. The Morgan fingerprint density at radius 3 is 2.34 bits per heavy atom. The molecular formula is C28H17ClO6. The largest absolute Gasteiger partial charge is 0.425 e. The number of esters is 1. The summed E-state index contributed by atoms with van der Waals surface area (Å²) >= 11 is 6.00. The molecule has 1 fully saturated rings. The topological polar surface area (TPSA) is 90.7 Å². The molecule has 1 aromatic heterocycles. The Morgan fingerprint density at radius 1 is 0.886 bits per heavy atom. The predicted molar refractivity (Wildman–Crippen MR) is 128 cm³/mol. The predicted octanol–water partition coefficient (Wildman–Crippen LogP) is 5.22. The number of ether oxygens (including phenoxy) is 1. The van der Waals surface area contributed by atoms with E-state index in [0.717, 1.165) is 0 Å². The molecule has 0 spiro atoms. The molecule has 1 aliphatic heterocycles. The number of rotatable bonds is 4. The Balaban J connectivity index is 1.58. The third kappa shape index (κ3) is 2.71. The van der Waals surface area contributed by atoms with Crippen LogP contribution in [-0.4, -0.2) is 17.5 Å². The van der Waals surface area contributed by atoms with Crippen LogP contribution in [0.3, 0.4) is 0 Å². The molecular weight excluding hydrogens is 468 g/mol. The summed E-state index contributed by atoms with van der Waals surface area (Å²) in [5.74, 6) is -2.57. The number of ketones is 2. The first-order valence-electron chi connectivity index (χ1n) is 11.0. The molecule has 6 nitrogen and oxygen atoms in total. The van der Waals surface area contributed by atoms with Crippen LogP contribution in [0.15, 0.2) is 88.1 Å². The van der Waals surface area contributed by atoms with Crippen molar-refractivity contribution in [2.75, 3.05) is 0 Å². The summed E-state index contributed by atoms with van der Waals surface area (Å²) in [7, 11) is 0. The van der Waals surface area contributed by atoms with Crippen molar-refractivity contribution in [1.82, 2.24) is 0 Å². The molecule has 35 heavy (non-hydrogen) atoms. The number of halogens is 1. The highest BCUT2D eigenvalue weighted by Gasteiger charge is 2.87. The molecule has 2 heterocycles. The minimum absolute atomic E-state index is 0.294. The van der Waals surface area contributed by atoms with E-state index in [0.29, 0.717) is 32.9 Å². The van der Waals surface area contributed by atoms with Crippen molar-refractivity contribution < 1.29 is 23.5 Å². The maximum Gasteiger partial charge on any atom is 0.347 e. The number of hydrogen-bond donors (Lipinski definition) is 0. The molecule has 172 valence electrons. The monoisotopic (exact) mass is 484 g/mol. The van der Waals surface area contributed by atoms with E-state index in [4.69, 9.17) is 20.8 Å². The summed E-state index contributed by atoms with van der Waals surface area (Å²) in [6.07, 6.45) is 0. The van der Waals surface area contributed by atoms with Gasteiger partial charge in [-0.05, 0) is 42.5 Å². The maximum atomic E-state index is 14.1. The molecule has 3 atom stereocenters. The van der Waals surface area contributed by atoms with Gasteiger partial charge < -0.3 is 9.15 Å². The Bertz CT molecular complexity index is 1640. The lowest BCUT2D eigenvalue weighted by molar-refractivity contribution is -0.140. The Kier molecular flexibility index (Phi) is 4.44. The molecule has 1 saturated carbocycles. The summed E-state index contributed by atoms with van der Waals surface area (Å²) in [4.78, 5) is 54.5. The summed E-state index contributed by atoms with van der Waals surface area (Å²) < 4.78 is 11.0. The smallest absolute Gasteiger partial charge is 0.347 e. The van der Waals surface area contributed by atoms with Gasteiger partial charge in [0.25, 0.3) is 0 Å². The van der Waals surface area contributed by atoms with Crippen molar-refractivity contribution in [3.8, 4) is 5.75 Å². The van der Waals surface area contributed by atoms with Crippen LogP contribution >= 0.6 is 11.6 Å². The van der Waals surface area contributed by atoms with E-state index in [-0.39, 0.29) is 5.56 Å². The lowest BCUT2D eigenvalue weighted by Crippen LogP contribution is -2.40. The van der Waals surface area contributed by atoms with Crippen molar-refractivity contribution >= 4 is 40.1 Å². The molecule has 0 amide bonds. The Morgan fingerprint density at radius 2 is 1.57 bits per heavy atom. The molecule has 1 aliphatic carbocycles. The molecule has 0 bridgehead atoms. The summed E-state index contributed by atoms with van der Waals surface area (Å²) in [6, 6.07) is 21.2. The number of carbonyl (C=O) groups is 3. The standard InChI is InChI=1S/C28H17ClO6/c1-27(23(30)15-10-12-17(29)13-11-15)22-18-7-3-5-9-21(18)35-26(33)28(22,27)24(31)19-14-16-6-2-4-8-20(16)34-25(19)32/h2-14,22H,1H3/t22-,27+,28+/m0/s1. The van der Waals surface area contributed by atoms with E-state index in [2.05, 4.69) is 0 Å². The van der Waals surface area contributed by atoms with E-state index in [1.807, 2.05) is 0 Å². The minimum atomic E-state index is -1.91. The van der Waals surface area contributed by atoms with E-state index < -0.39 is 39.9 Å². The van der Waals surface area contributed by atoms with E-state index >= 15 is 0 Å². The van der Waals surface area contributed by atoms with Crippen molar-refractivity contribution in [2.24, 2.45) is 10.8 Å². The molecule has 7 heteroatoms. The quantitative estimate of drug-likeness (QED) is 0.130. The first kappa shape index (κ1) is 21.5. The third-order valence-corrected chi connectivity index (χ3v) is 7.58. The summed E-state index contributed by atoms with van der Waals surface area (Å²) in [5.41, 5.74) is -3.38. The highest BCUT2D eigenvalue weighted by molar-refractivity contribution is 6.31. The zero-order valence-corrected chi connectivity index (χ0v) is 19.2. The van der Waals surface area contributed by atoms with E-state index in [1.165, 1.54) is 6.07 Å².